The molecule has 7 heteroatoms. The number of anilines is 2. The zero-order valence-electron chi connectivity index (χ0n) is 21.2. The first-order valence-corrected chi connectivity index (χ1v) is 14.1. The van der Waals surface area contributed by atoms with E-state index in [4.69, 9.17) is 0 Å². The average molecular weight is 526 g/mol. The number of benzene rings is 3. The molecule has 0 saturated carbocycles. The lowest BCUT2D eigenvalue weighted by molar-refractivity contribution is -0.119. The summed E-state index contributed by atoms with van der Waals surface area (Å²) in [4.78, 5) is 31.9. The number of rotatable bonds is 6. The van der Waals surface area contributed by atoms with Crippen LogP contribution in [0.2, 0.25) is 0 Å². The van der Waals surface area contributed by atoms with Crippen molar-refractivity contribution < 1.29 is 9.90 Å². The maximum atomic E-state index is 13.0. The lowest BCUT2D eigenvalue weighted by Gasteiger charge is -2.38. The molecule has 1 fully saturated rings. The van der Waals surface area contributed by atoms with E-state index in [1.807, 2.05) is 29.2 Å². The van der Waals surface area contributed by atoms with Gasteiger partial charge in [0.25, 0.3) is 0 Å². The number of nitrogens with one attached hydrogen (secondary N) is 1. The normalized spacial score (nSPS) is 16.1. The number of carbonyl (C=O) groups excluding carboxylic acids is 1. The quantitative estimate of drug-likeness (QED) is 0.344. The third-order valence-electron chi connectivity index (χ3n) is 7.88. The summed E-state index contributed by atoms with van der Waals surface area (Å²) in [7, 11) is 0. The van der Waals surface area contributed by atoms with Crippen LogP contribution in [0.25, 0.3) is 11.1 Å². The van der Waals surface area contributed by atoms with Crippen LogP contribution in [0.5, 0.6) is 5.88 Å². The second kappa shape index (κ2) is 10.5. The Hall–Kier alpha value is -3.84. The van der Waals surface area contributed by atoms with E-state index in [9.17, 15) is 14.7 Å². The standard InChI is InChI=1S/C31H31N3O3S/c35-29-14-13-26-24(19-28-30(36)32-31(37)38-28)7-4-8-27(26)34(29)20-21-15-17-33(18-16-21)25-11-9-23(10-12-25)22-5-2-1-3-6-22/h1-12,21,36H,13-20H2,(H,32,37). The molecule has 1 aromatic heterocycles. The van der Waals surface area contributed by atoms with Crippen LogP contribution in [-0.4, -0.2) is 35.6 Å². The van der Waals surface area contributed by atoms with E-state index >= 15 is 0 Å². The maximum Gasteiger partial charge on any atom is 0.307 e. The average Bonchev–Trinajstić information content (AvgIpc) is 3.27. The molecule has 2 aliphatic heterocycles. The van der Waals surface area contributed by atoms with Crippen LogP contribution in [0.1, 0.15) is 35.3 Å². The van der Waals surface area contributed by atoms with Gasteiger partial charge in [-0.3, -0.25) is 14.6 Å². The minimum Gasteiger partial charge on any atom is -0.494 e. The highest BCUT2D eigenvalue weighted by molar-refractivity contribution is 7.09. The molecule has 6 rings (SSSR count). The summed E-state index contributed by atoms with van der Waals surface area (Å²) in [5.41, 5.74) is 6.92. The first kappa shape index (κ1) is 24.5. The summed E-state index contributed by atoms with van der Waals surface area (Å²) >= 11 is 1.04. The highest BCUT2D eigenvalue weighted by Gasteiger charge is 2.30. The highest BCUT2D eigenvalue weighted by Crippen LogP contribution is 2.35. The van der Waals surface area contributed by atoms with Gasteiger partial charge in [0.2, 0.25) is 11.8 Å². The highest BCUT2D eigenvalue weighted by atomic mass is 32.1. The van der Waals surface area contributed by atoms with Crippen molar-refractivity contribution in [1.29, 1.82) is 0 Å². The Morgan fingerprint density at radius 3 is 2.32 bits per heavy atom. The summed E-state index contributed by atoms with van der Waals surface area (Å²) in [6.45, 7) is 2.70. The van der Waals surface area contributed by atoms with Crippen LogP contribution in [0, 0.1) is 5.92 Å². The van der Waals surface area contributed by atoms with Gasteiger partial charge in [0.05, 0.1) is 4.88 Å². The number of hydrogen-bond acceptors (Lipinski definition) is 5. The molecule has 0 spiro atoms. The topological polar surface area (TPSA) is 76.6 Å². The number of nitrogens with zero attached hydrogens (tertiary/aromatic N) is 2. The van der Waals surface area contributed by atoms with E-state index in [1.165, 1.54) is 16.8 Å². The van der Waals surface area contributed by atoms with Gasteiger partial charge in [-0.05, 0) is 65.6 Å². The number of aromatic hydroxyl groups is 1. The first-order valence-electron chi connectivity index (χ1n) is 13.3. The van der Waals surface area contributed by atoms with Crippen LogP contribution in [0.15, 0.2) is 77.6 Å². The van der Waals surface area contributed by atoms with E-state index in [-0.39, 0.29) is 16.7 Å². The van der Waals surface area contributed by atoms with Crippen LogP contribution >= 0.6 is 11.3 Å². The van der Waals surface area contributed by atoms with Gasteiger partial charge in [-0.2, -0.15) is 0 Å². The summed E-state index contributed by atoms with van der Waals surface area (Å²) in [6.07, 6.45) is 3.76. The summed E-state index contributed by atoms with van der Waals surface area (Å²) in [5, 5.41) is 10.1. The van der Waals surface area contributed by atoms with Gasteiger partial charge in [0.15, 0.2) is 0 Å². The Labute approximate surface area is 226 Å². The van der Waals surface area contributed by atoms with Crippen LogP contribution in [0.3, 0.4) is 0 Å². The summed E-state index contributed by atoms with van der Waals surface area (Å²) in [6, 6.07) is 25.3. The number of hydrogen-bond donors (Lipinski definition) is 2. The third kappa shape index (κ3) is 4.98. The van der Waals surface area contributed by atoms with Crippen molar-refractivity contribution in [3.63, 3.8) is 0 Å². The van der Waals surface area contributed by atoms with Gasteiger partial charge in [0, 0.05) is 43.9 Å². The zero-order valence-corrected chi connectivity index (χ0v) is 22.0. The molecule has 1 saturated heterocycles. The lowest BCUT2D eigenvalue weighted by atomic mass is 9.91. The van der Waals surface area contributed by atoms with Crippen LogP contribution < -0.4 is 14.7 Å². The molecule has 2 aliphatic rings. The summed E-state index contributed by atoms with van der Waals surface area (Å²) in [5.74, 6) is 0.581. The number of aromatic nitrogens is 1. The van der Waals surface area contributed by atoms with Gasteiger partial charge in [-0.15, -0.1) is 0 Å². The van der Waals surface area contributed by atoms with Gasteiger partial charge in [0.1, 0.15) is 0 Å². The molecule has 2 N–H and O–H groups in total. The number of aromatic amines is 1. The molecule has 0 bridgehead atoms. The van der Waals surface area contributed by atoms with E-state index in [1.54, 1.807) is 0 Å². The van der Waals surface area contributed by atoms with Crippen LogP contribution in [0.4, 0.5) is 11.4 Å². The predicted octanol–water partition coefficient (Wildman–Crippen LogP) is 5.60. The van der Waals surface area contributed by atoms with E-state index in [0.717, 1.165) is 60.6 Å². The monoisotopic (exact) mass is 525 g/mol. The van der Waals surface area contributed by atoms with E-state index in [0.29, 0.717) is 30.1 Å². The van der Waals surface area contributed by atoms with Crippen molar-refractivity contribution in [1.82, 2.24) is 4.98 Å². The molecule has 0 atom stereocenters. The molecule has 38 heavy (non-hydrogen) atoms. The second-order valence-electron chi connectivity index (χ2n) is 10.2. The zero-order chi connectivity index (χ0) is 26.1. The molecule has 0 radical (unpaired) electrons. The number of carbonyl (C=O) groups is 1. The van der Waals surface area contributed by atoms with Crippen molar-refractivity contribution in [3.05, 3.63) is 98.5 Å². The summed E-state index contributed by atoms with van der Waals surface area (Å²) < 4.78 is 0. The number of amides is 1. The van der Waals surface area contributed by atoms with Gasteiger partial charge < -0.3 is 14.9 Å². The smallest absolute Gasteiger partial charge is 0.307 e. The third-order valence-corrected chi connectivity index (χ3v) is 8.75. The van der Waals surface area contributed by atoms with Gasteiger partial charge in [-0.25, -0.2) is 0 Å². The lowest BCUT2D eigenvalue weighted by Crippen LogP contribution is -2.43. The molecule has 4 aromatic rings. The molecule has 3 heterocycles. The fourth-order valence-corrected chi connectivity index (χ4v) is 6.55. The van der Waals surface area contributed by atoms with E-state index < -0.39 is 0 Å². The predicted molar refractivity (Wildman–Crippen MR) is 153 cm³/mol. The van der Waals surface area contributed by atoms with Crippen molar-refractivity contribution >= 4 is 28.6 Å². The van der Waals surface area contributed by atoms with Gasteiger partial charge in [-0.1, -0.05) is 65.9 Å². The van der Waals surface area contributed by atoms with Crippen molar-refractivity contribution in [3.8, 4) is 17.0 Å². The Kier molecular flexibility index (Phi) is 6.77. The maximum absolute atomic E-state index is 13.0. The number of fused-ring (bicyclic) bond motifs is 1. The Morgan fingerprint density at radius 1 is 0.868 bits per heavy atom. The molecule has 0 unspecified atom stereocenters. The minimum absolute atomic E-state index is 0.0530. The number of thiazole rings is 1. The van der Waals surface area contributed by atoms with Crippen molar-refractivity contribution in [2.24, 2.45) is 5.92 Å². The Bertz CT molecular complexity index is 1490. The molecular formula is C31H31N3O3S. The number of piperidine rings is 1. The SMILES string of the molecule is O=C1CCc2c(Cc3sc(=O)[nH]c3O)cccc2N1CC1CCN(c2ccc(-c3ccccc3)cc2)CC1. The molecule has 0 aliphatic carbocycles. The fourth-order valence-electron chi connectivity index (χ4n) is 5.80. The molecule has 194 valence electrons. The molecule has 6 nitrogen and oxygen atoms in total. The second-order valence-corrected chi connectivity index (χ2v) is 11.3. The molecule has 3 aromatic carbocycles. The first-order chi connectivity index (χ1) is 18.5. The Balaban J connectivity index is 1.12. The Morgan fingerprint density at radius 2 is 1.61 bits per heavy atom. The number of H-pyrrole nitrogens is 1. The largest absolute Gasteiger partial charge is 0.494 e. The van der Waals surface area contributed by atoms with E-state index in [2.05, 4.69) is 58.4 Å². The van der Waals surface area contributed by atoms with Crippen LogP contribution in [-0.2, 0) is 17.6 Å². The fraction of sp³-hybridized carbons (Fsp3) is 0.290. The molecule has 1 amide bonds. The van der Waals surface area contributed by atoms with Gasteiger partial charge >= 0.3 is 4.87 Å². The minimum atomic E-state index is -0.252. The van der Waals surface area contributed by atoms with Crippen molar-refractivity contribution in [2.45, 2.75) is 32.1 Å². The van der Waals surface area contributed by atoms with Crippen molar-refractivity contribution in [2.75, 3.05) is 29.4 Å². The molecular weight excluding hydrogens is 494 g/mol.